The topological polar surface area (TPSA) is 15.3 Å². The molecule has 2 nitrogen and oxygen atoms in total. The predicted molar refractivity (Wildman–Crippen MR) is 91.5 cm³/mol. The standard InChI is InChI=1S/C17H32N2S/c1-4-11-18-12-7-5-6-8-13-19(16(2)3)15-17-10-9-14-20-17/h9-10,14,16,18H,4-8,11-13,15H2,1-3H3. The van der Waals surface area contributed by atoms with Gasteiger partial charge in [0.05, 0.1) is 0 Å². The lowest BCUT2D eigenvalue weighted by atomic mass is 10.1. The van der Waals surface area contributed by atoms with Gasteiger partial charge in [-0.05, 0) is 64.2 Å². The number of unbranched alkanes of at least 4 members (excludes halogenated alkanes) is 3. The molecule has 116 valence electrons. The Morgan fingerprint density at radius 3 is 2.60 bits per heavy atom. The molecule has 0 radical (unpaired) electrons. The first-order chi connectivity index (χ1) is 9.74. The molecule has 0 fully saturated rings. The van der Waals surface area contributed by atoms with Gasteiger partial charge in [-0.15, -0.1) is 11.3 Å². The van der Waals surface area contributed by atoms with Gasteiger partial charge in [0.25, 0.3) is 0 Å². The van der Waals surface area contributed by atoms with Crippen molar-refractivity contribution in [3.8, 4) is 0 Å². The van der Waals surface area contributed by atoms with Crippen LogP contribution in [0.5, 0.6) is 0 Å². The van der Waals surface area contributed by atoms with Crippen LogP contribution in [0.15, 0.2) is 17.5 Å². The van der Waals surface area contributed by atoms with Crippen LogP contribution >= 0.6 is 11.3 Å². The number of hydrogen-bond acceptors (Lipinski definition) is 3. The van der Waals surface area contributed by atoms with Crippen LogP contribution in [-0.4, -0.2) is 30.6 Å². The van der Waals surface area contributed by atoms with E-state index in [4.69, 9.17) is 0 Å². The van der Waals surface area contributed by atoms with E-state index >= 15 is 0 Å². The zero-order valence-corrected chi connectivity index (χ0v) is 14.3. The Kier molecular flexibility index (Phi) is 9.98. The van der Waals surface area contributed by atoms with Crippen LogP contribution in [0.25, 0.3) is 0 Å². The molecule has 1 aromatic heterocycles. The molecular formula is C17H32N2S. The molecule has 0 aromatic carbocycles. The Hall–Kier alpha value is -0.380. The van der Waals surface area contributed by atoms with E-state index in [0.717, 1.165) is 6.54 Å². The van der Waals surface area contributed by atoms with Gasteiger partial charge in [0, 0.05) is 17.5 Å². The molecule has 0 unspecified atom stereocenters. The smallest absolute Gasteiger partial charge is 0.0330 e. The summed E-state index contributed by atoms with van der Waals surface area (Å²) in [6, 6.07) is 5.05. The van der Waals surface area contributed by atoms with Gasteiger partial charge in [-0.2, -0.15) is 0 Å². The number of thiophene rings is 1. The van der Waals surface area contributed by atoms with Crippen molar-refractivity contribution in [3.05, 3.63) is 22.4 Å². The van der Waals surface area contributed by atoms with Gasteiger partial charge in [0.15, 0.2) is 0 Å². The van der Waals surface area contributed by atoms with Crippen molar-refractivity contribution >= 4 is 11.3 Å². The SMILES string of the molecule is CCCNCCCCCCN(Cc1cccs1)C(C)C. The van der Waals surface area contributed by atoms with Gasteiger partial charge in [-0.3, -0.25) is 4.90 Å². The quantitative estimate of drug-likeness (QED) is 0.571. The molecule has 1 rings (SSSR count). The summed E-state index contributed by atoms with van der Waals surface area (Å²) in [5.41, 5.74) is 0. The minimum Gasteiger partial charge on any atom is -0.317 e. The Morgan fingerprint density at radius 2 is 1.95 bits per heavy atom. The maximum atomic E-state index is 3.47. The maximum Gasteiger partial charge on any atom is 0.0330 e. The predicted octanol–water partition coefficient (Wildman–Crippen LogP) is 4.52. The molecule has 0 atom stereocenters. The molecule has 0 bridgehead atoms. The first-order valence-corrected chi connectivity index (χ1v) is 9.09. The Labute approximate surface area is 129 Å². The molecule has 0 saturated heterocycles. The Bertz CT molecular complexity index is 309. The third-order valence-corrected chi connectivity index (χ3v) is 4.51. The second kappa shape index (κ2) is 11.3. The summed E-state index contributed by atoms with van der Waals surface area (Å²) in [4.78, 5) is 4.09. The average molecular weight is 297 g/mol. The summed E-state index contributed by atoms with van der Waals surface area (Å²) >= 11 is 1.87. The lowest BCUT2D eigenvalue weighted by molar-refractivity contribution is 0.210. The van der Waals surface area contributed by atoms with Crippen LogP contribution in [0.3, 0.4) is 0 Å². The van der Waals surface area contributed by atoms with Crippen LogP contribution < -0.4 is 5.32 Å². The van der Waals surface area contributed by atoms with Crippen molar-refractivity contribution in [2.75, 3.05) is 19.6 Å². The molecule has 0 spiro atoms. The van der Waals surface area contributed by atoms with E-state index in [1.807, 2.05) is 11.3 Å². The average Bonchev–Trinajstić information content (AvgIpc) is 2.93. The van der Waals surface area contributed by atoms with Gasteiger partial charge >= 0.3 is 0 Å². The van der Waals surface area contributed by atoms with Crippen LogP contribution in [0.4, 0.5) is 0 Å². The molecule has 1 heterocycles. The summed E-state index contributed by atoms with van der Waals surface area (Å²) in [5.74, 6) is 0. The van der Waals surface area contributed by atoms with E-state index in [2.05, 4.69) is 48.5 Å². The first kappa shape index (κ1) is 17.7. The zero-order valence-electron chi connectivity index (χ0n) is 13.5. The van der Waals surface area contributed by atoms with Crippen LogP contribution in [-0.2, 0) is 6.54 Å². The van der Waals surface area contributed by atoms with Gasteiger partial charge in [0.1, 0.15) is 0 Å². The third-order valence-electron chi connectivity index (χ3n) is 3.64. The van der Waals surface area contributed by atoms with Crippen molar-refractivity contribution in [2.24, 2.45) is 0 Å². The van der Waals surface area contributed by atoms with E-state index in [-0.39, 0.29) is 0 Å². The van der Waals surface area contributed by atoms with Crippen LogP contribution in [0.2, 0.25) is 0 Å². The Morgan fingerprint density at radius 1 is 1.15 bits per heavy atom. The second-order valence-electron chi connectivity index (χ2n) is 5.81. The first-order valence-electron chi connectivity index (χ1n) is 8.21. The van der Waals surface area contributed by atoms with E-state index in [0.29, 0.717) is 6.04 Å². The minimum absolute atomic E-state index is 0.642. The highest BCUT2D eigenvalue weighted by molar-refractivity contribution is 7.09. The van der Waals surface area contributed by atoms with Crippen molar-refractivity contribution in [1.29, 1.82) is 0 Å². The van der Waals surface area contributed by atoms with Crippen LogP contribution in [0.1, 0.15) is 57.8 Å². The fourth-order valence-electron chi connectivity index (χ4n) is 2.34. The molecule has 0 aliphatic rings. The fourth-order valence-corrected chi connectivity index (χ4v) is 3.07. The number of hydrogen-bond donors (Lipinski definition) is 1. The van der Waals surface area contributed by atoms with E-state index in [1.54, 1.807) is 0 Å². The van der Waals surface area contributed by atoms with E-state index in [1.165, 1.54) is 56.6 Å². The summed E-state index contributed by atoms with van der Waals surface area (Å²) < 4.78 is 0. The normalized spacial score (nSPS) is 11.7. The molecule has 0 amide bonds. The molecule has 0 aliphatic carbocycles. The highest BCUT2D eigenvalue weighted by atomic mass is 32.1. The van der Waals surface area contributed by atoms with Crippen molar-refractivity contribution in [2.45, 2.75) is 65.5 Å². The lowest BCUT2D eigenvalue weighted by Gasteiger charge is -2.25. The Balaban J connectivity index is 2.07. The van der Waals surface area contributed by atoms with Gasteiger partial charge in [0.2, 0.25) is 0 Å². The molecule has 3 heteroatoms. The zero-order chi connectivity index (χ0) is 14.6. The molecule has 1 N–H and O–H groups in total. The minimum atomic E-state index is 0.642. The highest BCUT2D eigenvalue weighted by Crippen LogP contribution is 2.14. The van der Waals surface area contributed by atoms with E-state index < -0.39 is 0 Å². The lowest BCUT2D eigenvalue weighted by Crippen LogP contribution is -2.31. The summed E-state index contributed by atoms with van der Waals surface area (Å²) in [6.45, 7) is 11.6. The van der Waals surface area contributed by atoms with Gasteiger partial charge in [-0.1, -0.05) is 25.8 Å². The van der Waals surface area contributed by atoms with Crippen LogP contribution in [0, 0.1) is 0 Å². The molecule has 20 heavy (non-hydrogen) atoms. The summed E-state index contributed by atoms with van der Waals surface area (Å²) in [5, 5.41) is 5.65. The highest BCUT2D eigenvalue weighted by Gasteiger charge is 2.10. The monoisotopic (exact) mass is 296 g/mol. The molecular weight excluding hydrogens is 264 g/mol. The summed E-state index contributed by atoms with van der Waals surface area (Å²) in [7, 11) is 0. The fraction of sp³-hybridized carbons (Fsp3) is 0.765. The van der Waals surface area contributed by atoms with Crippen molar-refractivity contribution in [1.82, 2.24) is 10.2 Å². The maximum absolute atomic E-state index is 3.47. The molecule has 0 saturated carbocycles. The van der Waals surface area contributed by atoms with Crippen molar-refractivity contribution < 1.29 is 0 Å². The van der Waals surface area contributed by atoms with Gasteiger partial charge < -0.3 is 5.32 Å². The van der Waals surface area contributed by atoms with Crippen molar-refractivity contribution in [3.63, 3.8) is 0 Å². The largest absolute Gasteiger partial charge is 0.317 e. The molecule has 1 aromatic rings. The van der Waals surface area contributed by atoms with E-state index in [9.17, 15) is 0 Å². The number of rotatable bonds is 12. The molecule has 0 aliphatic heterocycles. The third kappa shape index (κ3) is 8.03. The van der Waals surface area contributed by atoms with Gasteiger partial charge in [-0.25, -0.2) is 0 Å². The number of nitrogens with one attached hydrogen (secondary N) is 1. The second-order valence-corrected chi connectivity index (χ2v) is 6.84. The summed E-state index contributed by atoms with van der Waals surface area (Å²) in [6.07, 6.45) is 6.62. The number of nitrogens with zero attached hydrogens (tertiary/aromatic N) is 1.